The molecule has 0 bridgehead atoms. The van der Waals surface area contributed by atoms with Gasteiger partial charge in [0.05, 0.1) is 6.10 Å². The highest BCUT2D eigenvalue weighted by Gasteiger charge is 2.16. The number of halogens is 1. The van der Waals surface area contributed by atoms with Crippen molar-refractivity contribution in [2.45, 2.75) is 25.5 Å². The van der Waals surface area contributed by atoms with Gasteiger partial charge in [0.25, 0.3) is 5.91 Å². The third-order valence-electron chi connectivity index (χ3n) is 4.24. The molecular weight excluding hydrogens is 321 g/mol. The molecule has 4 nitrogen and oxygen atoms in total. The topological polar surface area (TPSA) is 38.8 Å². The van der Waals surface area contributed by atoms with Gasteiger partial charge >= 0.3 is 0 Å². The monoisotopic (exact) mass is 343 g/mol. The predicted octanol–water partition coefficient (Wildman–Crippen LogP) is 3.66. The Labute approximate surface area is 147 Å². The fourth-order valence-corrected chi connectivity index (χ4v) is 2.81. The van der Waals surface area contributed by atoms with Gasteiger partial charge in [-0.1, -0.05) is 12.1 Å². The third kappa shape index (κ3) is 4.79. The van der Waals surface area contributed by atoms with Crippen LogP contribution in [0.25, 0.3) is 0 Å². The summed E-state index contributed by atoms with van der Waals surface area (Å²) in [6.07, 6.45) is 2.29. The van der Waals surface area contributed by atoms with E-state index in [0.717, 1.165) is 30.8 Å². The lowest BCUT2D eigenvalue weighted by Gasteiger charge is -2.18. The Kier molecular flexibility index (Phi) is 5.66. The predicted molar refractivity (Wildman–Crippen MR) is 93.1 cm³/mol. The number of amides is 1. The fourth-order valence-electron chi connectivity index (χ4n) is 2.81. The first kappa shape index (κ1) is 17.4. The van der Waals surface area contributed by atoms with Gasteiger partial charge in [-0.25, -0.2) is 4.39 Å². The summed E-state index contributed by atoms with van der Waals surface area (Å²) in [6, 6.07) is 13.3. The van der Waals surface area contributed by atoms with Crippen molar-refractivity contribution in [2.75, 3.05) is 20.3 Å². The van der Waals surface area contributed by atoms with Crippen molar-refractivity contribution in [3.8, 4) is 5.75 Å². The number of carbonyl (C=O) groups excluding carboxylic acids is 1. The molecule has 1 aliphatic rings. The Balaban J connectivity index is 1.54. The first-order valence-corrected chi connectivity index (χ1v) is 8.46. The van der Waals surface area contributed by atoms with E-state index in [0.29, 0.717) is 18.7 Å². The van der Waals surface area contributed by atoms with Gasteiger partial charge in [-0.3, -0.25) is 4.79 Å². The van der Waals surface area contributed by atoms with Crippen LogP contribution in [0.5, 0.6) is 5.75 Å². The van der Waals surface area contributed by atoms with Gasteiger partial charge in [0.15, 0.2) is 0 Å². The Hall–Kier alpha value is -2.40. The summed E-state index contributed by atoms with van der Waals surface area (Å²) in [5.74, 6) is 0.361. The molecule has 0 saturated carbocycles. The highest BCUT2D eigenvalue weighted by atomic mass is 19.1. The normalized spacial score (nSPS) is 16.6. The number of hydrogen-bond donors (Lipinski definition) is 0. The maximum absolute atomic E-state index is 12.9. The second-order valence-corrected chi connectivity index (χ2v) is 6.26. The zero-order chi connectivity index (χ0) is 17.6. The van der Waals surface area contributed by atoms with E-state index in [9.17, 15) is 9.18 Å². The highest BCUT2D eigenvalue weighted by Crippen LogP contribution is 2.17. The lowest BCUT2D eigenvalue weighted by molar-refractivity contribution is 0.0679. The van der Waals surface area contributed by atoms with E-state index in [2.05, 4.69) is 0 Å². The summed E-state index contributed by atoms with van der Waals surface area (Å²) in [5, 5.41) is 0. The van der Waals surface area contributed by atoms with Crippen LogP contribution in [0.4, 0.5) is 4.39 Å². The molecular formula is C20H22FNO3. The quantitative estimate of drug-likeness (QED) is 0.803. The zero-order valence-electron chi connectivity index (χ0n) is 14.3. The molecule has 132 valence electrons. The van der Waals surface area contributed by atoms with Crippen LogP contribution < -0.4 is 4.74 Å². The maximum atomic E-state index is 12.9. The summed E-state index contributed by atoms with van der Waals surface area (Å²) in [5.41, 5.74) is 1.47. The number of carbonyl (C=O) groups is 1. The van der Waals surface area contributed by atoms with Crippen LogP contribution in [0.15, 0.2) is 48.5 Å². The molecule has 1 amide bonds. The van der Waals surface area contributed by atoms with E-state index in [1.54, 1.807) is 48.3 Å². The molecule has 1 atom stereocenters. The molecule has 1 aliphatic heterocycles. The van der Waals surface area contributed by atoms with Crippen LogP contribution in [0, 0.1) is 5.82 Å². The van der Waals surface area contributed by atoms with E-state index < -0.39 is 0 Å². The SMILES string of the molecule is CN(Cc1ccc(F)cc1)C(=O)c1ccc(OCC2CCCO2)cc1. The van der Waals surface area contributed by atoms with Gasteiger partial charge in [-0.2, -0.15) is 0 Å². The Morgan fingerprint density at radius 3 is 2.56 bits per heavy atom. The largest absolute Gasteiger partial charge is 0.491 e. The van der Waals surface area contributed by atoms with E-state index in [1.165, 1.54) is 12.1 Å². The average molecular weight is 343 g/mol. The van der Waals surface area contributed by atoms with Crippen molar-refractivity contribution >= 4 is 5.91 Å². The van der Waals surface area contributed by atoms with Gasteiger partial charge in [0.2, 0.25) is 0 Å². The minimum Gasteiger partial charge on any atom is -0.491 e. The first-order chi connectivity index (χ1) is 12.1. The number of rotatable bonds is 6. The molecule has 25 heavy (non-hydrogen) atoms. The zero-order valence-corrected chi connectivity index (χ0v) is 14.3. The van der Waals surface area contributed by atoms with Crippen molar-refractivity contribution in [2.24, 2.45) is 0 Å². The van der Waals surface area contributed by atoms with Crippen LogP contribution in [0.3, 0.4) is 0 Å². The molecule has 0 radical (unpaired) electrons. The van der Waals surface area contributed by atoms with Crippen molar-refractivity contribution in [3.63, 3.8) is 0 Å². The molecule has 0 aliphatic carbocycles. The smallest absolute Gasteiger partial charge is 0.253 e. The fraction of sp³-hybridized carbons (Fsp3) is 0.350. The van der Waals surface area contributed by atoms with Gasteiger partial charge < -0.3 is 14.4 Å². The molecule has 1 unspecified atom stereocenters. The van der Waals surface area contributed by atoms with Crippen LogP contribution >= 0.6 is 0 Å². The van der Waals surface area contributed by atoms with Gasteiger partial charge in [0.1, 0.15) is 18.2 Å². The van der Waals surface area contributed by atoms with E-state index in [1.807, 2.05) is 0 Å². The van der Waals surface area contributed by atoms with Crippen LogP contribution in [-0.4, -0.2) is 37.2 Å². The average Bonchev–Trinajstić information content (AvgIpc) is 3.15. The molecule has 1 fully saturated rings. The summed E-state index contributed by atoms with van der Waals surface area (Å²) >= 11 is 0. The molecule has 0 N–H and O–H groups in total. The van der Waals surface area contributed by atoms with E-state index in [4.69, 9.17) is 9.47 Å². The first-order valence-electron chi connectivity index (χ1n) is 8.46. The van der Waals surface area contributed by atoms with Crippen LogP contribution in [0.1, 0.15) is 28.8 Å². The molecule has 2 aromatic carbocycles. The van der Waals surface area contributed by atoms with Gasteiger partial charge in [-0.15, -0.1) is 0 Å². The molecule has 3 rings (SSSR count). The van der Waals surface area contributed by atoms with Gasteiger partial charge in [-0.05, 0) is 54.8 Å². The van der Waals surface area contributed by atoms with Crippen LogP contribution in [-0.2, 0) is 11.3 Å². The molecule has 0 spiro atoms. The van der Waals surface area contributed by atoms with Crippen molar-refractivity contribution < 1.29 is 18.7 Å². The summed E-state index contributed by atoms with van der Waals surface area (Å²) < 4.78 is 24.2. The number of ether oxygens (including phenoxy) is 2. The van der Waals surface area contributed by atoms with Gasteiger partial charge in [0, 0.05) is 25.8 Å². The molecule has 2 aromatic rings. The van der Waals surface area contributed by atoms with E-state index in [-0.39, 0.29) is 17.8 Å². The molecule has 1 heterocycles. The summed E-state index contributed by atoms with van der Waals surface area (Å²) in [4.78, 5) is 14.1. The van der Waals surface area contributed by atoms with Crippen molar-refractivity contribution in [3.05, 3.63) is 65.5 Å². The maximum Gasteiger partial charge on any atom is 0.253 e. The Morgan fingerprint density at radius 1 is 1.20 bits per heavy atom. The van der Waals surface area contributed by atoms with Crippen LogP contribution in [0.2, 0.25) is 0 Å². The molecule has 0 aromatic heterocycles. The number of benzene rings is 2. The second kappa shape index (κ2) is 8.12. The lowest BCUT2D eigenvalue weighted by Crippen LogP contribution is -2.26. The van der Waals surface area contributed by atoms with Crippen molar-refractivity contribution in [1.82, 2.24) is 4.90 Å². The second-order valence-electron chi connectivity index (χ2n) is 6.26. The highest BCUT2D eigenvalue weighted by molar-refractivity contribution is 5.94. The Bertz CT molecular complexity index is 694. The third-order valence-corrected chi connectivity index (χ3v) is 4.24. The number of nitrogens with zero attached hydrogens (tertiary/aromatic N) is 1. The van der Waals surface area contributed by atoms with Crippen molar-refractivity contribution in [1.29, 1.82) is 0 Å². The summed E-state index contributed by atoms with van der Waals surface area (Å²) in [6.45, 7) is 1.77. The molecule has 5 heteroatoms. The standard InChI is InChI=1S/C20H22FNO3/c1-22(13-15-4-8-17(21)9-5-15)20(23)16-6-10-18(11-7-16)25-14-19-3-2-12-24-19/h4-11,19H,2-3,12-14H2,1H3. The van der Waals surface area contributed by atoms with E-state index >= 15 is 0 Å². The minimum absolute atomic E-state index is 0.0880. The Morgan fingerprint density at radius 2 is 1.92 bits per heavy atom. The molecule has 1 saturated heterocycles. The lowest BCUT2D eigenvalue weighted by atomic mass is 10.1. The minimum atomic E-state index is -0.281. The summed E-state index contributed by atoms with van der Waals surface area (Å²) in [7, 11) is 1.73. The number of hydrogen-bond acceptors (Lipinski definition) is 3.